The number of hydrogen-bond acceptors (Lipinski definition) is 6. The van der Waals surface area contributed by atoms with Gasteiger partial charge in [-0.05, 0) is 5.92 Å². The number of nitrogens with zero attached hydrogens (tertiary/aromatic N) is 1. The van der Waals surface area contributed by atoms with Gasteiger partial charge in [0.25, 0.3) is 0 Å². The van der Waals surface area contributed by atoms with Crippen LogP contribution in [0.4, 0.5) is 0 Å². The van der Waals surface area contributed by atoms with Crippen molar-refractivity contribution in [1.82, 2.24) is 4.90 Å². The number of hydrogen-bond donors (Lipinski definition) is 0. The molecule has 7 heteroatoms. The molecule has 0 bridgehead atoms. The third-order valence-electron chi connectivity index (χ3n) is 3.80. The molecule has 2 aliphatic rings. The molecule has 1 aromatic rings. The molecule has 120 valence electrons. The van der Waals surface area contributed by atoms with E-state index in [0.717, 1.165) is 35.1 Å². The van der Waals surface area contributed by atoms with Crippen LogP contribution in [0.5, 0.6) is 11.5 Å². The van der Waals surface area contributed by atoms with E-state index in [0.29, 0.717) is 32.1 Å². The number of ether oxygens (including phenoxy) is 2. The van der Waals surface area contributed by atoms with Crippen LogP contribution < -0.4 is 9.47 Å². The maximum absolute atomic E-state index is 12.1. The van der Waals surface area contributed by atoms with E-state index < -0.39 is 0 Å². The van der Waals surface area contributed by atoms with Crippen LogP contribution in [0.2, 0.25) is 0 Å². The zero-order chi connectivity index (χ0) is 15.5. The molecule has 5 nitrogen and oxygen atoms in total. The lowest BCUT2D eigenvalue weighted by atomic mass is 10.1. The van der Waals surface area contributed by atoms with E-state index in [9.17, 15) is 9.59 Å². The predicted octanol–water partition coefficient (Wildman–Crippen LogP) is 2.19. The summed E-state index contributed by atoms with van der Waals surface area (Å²) in [5.74, 6) is 2.90. The number of carbonyl (C=O) groups is 2. The summed E-state index contributed by atoms with van der Waals surface area (Å²) < 4.78 is 11.2. The first kappa shape index (κ1) is 15.7. The van der Waals surface area contributed by atoms with Crippen LogP contribution in [-0.2, 0) is 16.0 Å². The predicted molar refractivity (Wildman–Crippen MR) is 86.8 cm³/mol. The van der Waals surface area contributed by atoms with Crippen molar-refractivity contribution in [3.05, 3.63) is 10.3 Å². The van der Waals surface area contributed by atoms with Gasteiger partial charge in [0.1, 0.15) is 13.2 Å². The highest BCUT2D eigenvalue weighted by Crippen LogP contribution is 2.39. The first-order valence-corrected chi connectivity index (χ1v) is 9.27. The summed E-state index contributed by atoms with van der Waals surface area (Å²) in [5, 5.41) is 2.09. The molecule has 1 unspecified atom stereocenters. The molecule has 0 saturated carbocycles. The average Bonchev–Trinajstić information content (AvgIpc) is 3.07. The van der Waals surface area contributed by atoms with Gasteiger partial charge in [0.05, 0.1) is 4.88 Å². The minimum atomic E-state index is 0.119. The average molecular weight is 341 g/mol. The lowest BCUT2D eigenvalue weighted by molar-refractivity contribution is -0.127. The molecular weight excluding hydrogens is 322 g/mol. The first-order valence-electron chi connectivity index (χ1n) is 7.40. The van der Waals surface area contributed by atoms with Crippen molar-refractivity contribution in [3.8, 4) is 11.5 Å². The molecule has 1 aromatic heterocycles. The summed E-state index contributed by atoms with van der Waals surface area (Å²) in [5.41, 5.74) is 0. The van der Waals surface area contributed by atoms with Gasteiger partial charge in [0.15, 0.2) is 16.6 Å². The van der Waals surface area contributed by atoms with Crippen LogP contribution in [0.25, 0.3) is 0 Å². The van der Waals surface area contributed by atoms with E-state index in [1.807, 2.05) is 10.3 Å². The summed E-state index contributed by atoms with van der Waals surface area (Å²) >= 11 is 2.94. The Labute approximate surface area is 138 Å². The van der Waals surface area contributed by atoms with Crippen LogP contribution in [0.1, 0.15) is 18.2 Å². The molecular formula is C15H19NO4S2. The summed E-state index contributed by atoms with van der Waals surface area (Å²) in [7, 11) is 0. The molecule has 0 aliphatic carbocycles. The summed E-state index contributed by atoms with van der Waals surface area (Å²) in [4.78, 5) is 26.1. The van der Waals surface area contributed by atoms with Crippen molar-refractivity contribution in [2.45, 2.75) is 19.8 Å². The monoisotopic (exact) mass is 341 g/mol. The van der Waals surface area contributed by atoms with Gasteiger partial charge in [0, 0.05) is 44.0 Å². The fourth-order valence-electron chi connectivity index (χ4n) is 2.74. The van der Waals surface area contributed by atoms with Crippen molar-refractivity contribution in [2.24, 2.45) is 5.92 Å². The van der Waals surface area contributed by atoms with E-state index in [1.54, 1.807) is 18.3 Å². The lowest BCUT2D eigenvalue weighted by Gasteiger charge is -2.18. The maximum atomic E-state index is 12.1. The molecule has 3 rings (SSSR count). The van der Waals surface area contributed by atoms with Crippen molar-refractivity contribution >= 4 is 34.1 Å². The van der Waals surface area contributed by atoms with Crippen molar-refractivity contribution < 1.29 is 19.1 Å². The molecule has 1 atom stereocenters. The highest BCUT2D eigenvalue weighted by molar-refractivity contribution is 8.13. The van der Waals surface area contributed by atoms with Gasteiger partial charge in [-0.15, -0.1) is 11.3 Å². The van der Waals surface area contributed by atoms with Gasteiger partial charge >= 0.3 is 0 Å². The molecule has 0 radical (unpaired) electrons. The second-order valence-electron chi connectivity index (χ2n) is 5.51. The third-order valence-corrected chi connectivity index (χ3v) is 5.85. The number of thioether (sulfide) groups is 1. The Morgan fingerprint density at radius 2 is 2.27 bits per heavy atom. The fraction of sp³-hybridized carbons (Fsp3) is 0.600. The van der Waals surface area contributed by atoms with E-state index >= 15 is 0 Å². The number of fused-ring (bicyclic) bond motifs is 1. The highest BCUT2D eigenvalue weighted by atomic mass is 32.2. The Bertz CT molecular complexity index is 572. The Kier molecular flexibility index (Phi) is 4.93. The second kappa shape index (κ2) is 6.91. The van der Waals surface area contributed by atoms with E-state index in [-0.39, 0.29) is 11.0 Å². The van der Waals surface area contributed by atoms with Gasteiger partial charge < -0.3 is 14.4 Å². The van der Waals surface area contributed by atoms with Crippen LogP contribution in [-0.4, -0.2) is 48.0 Å². The van der Waals surface area contributed by atoms with Crippen molar-refractivity contribution in [2.75, 3.05) is 32.1 Å². The molecule has 0 N–H and O–H groups in total. The number of amides is 1. The van der Waals surface area contributed by atoms with E-state index in [4.69, 9.17) is 9.47 Å². The van der Waals surface area contributed by atoms with Crippen LogP contribution >= 0.6 is 23.1 Å². The first-order chi connectivity index (χ1) is 10.6. The quantitative estimate of drug-likeness (QED) is 0.822. The minimum Gasteiger partial charge on any atom is -0.485 e. The minimum absolute atomic E-state index is 0.119. The largest absolute Gasteiger partial charge is 0.485 e. The molecule has 1 saturated heterocycles. The summed E-state index contributed by atoms with van der Waals surface area (Å²) in [6.07, 6.45) is 1.35. The Morgan fingerprint density at radius 3 is 3.09 bits per heavy atom. The molecule has 2 aliphatic heterocycles. The zero-order valence-corrected chi connectivity index (χ0v) is 14.1. The lowest BCUT2D eigenvalue weighted by Crippen LogP contribution is -2.27. The van der Waals surface area contributed by atoms with E-state index in [2.05, 4.69) is 0 Å². The van der Waals surface area contributed by atoms with Crippen molar-refractivity contribution in [3.63, 3.8) is 0 Å². The standard InChI is InChI=1S/C15H19NO4S2/c1-10(17)21-8-11-6-14(18)16(7-11)3-2-13-15-12(9-22-13)19-4-5-20-15/h9,11H,2-8H2,1H3. The fourth-order valence-corrected chi connectivity index (χ4v) is 4.34. The molecule has 1 fully saturated rings. The van der Waals surface area contributed by atoms with Crippen LogP contribution in [0, 0.1) is 5.92 Å². The second-order valence-corrected chi connectivity index (χ2v) is 7.67. The number of thiophene rings is 1. The summed E-state index contributed by atoms with van der Waals surface area (Å²) in [6.45, 7) is 4.22. The van der Waals surface area contributed by atoms with Gasteiger partial charge in [-0.2, -0.15) is 0 Å². The Balaban J connectivity index is 1.52. The van der Waals surface area contributed by atoms with Crippen LogP contribution in [0.15, 0.2) is 5.38 Å². The van der Waals surface area contributed by atoms with Gasteiger partial charge in [-0.1, -0.05) is 11.8 Å². The summed E-state index contributed by atoms with van der Waals surface area (Å²) in [6, 6.07) is 0. The topological polar surface area (TPSA) is 55.8 Å². The molecule has 0 aromatic carbocycles. The number of carbonyl (C=O) groups excluding carboxylic acids is 2. The maximum Gasteiger partial charge on any atom is 0.222 e. The van der Waals surface area contributed by atoms with Gasteiger partial charge in [-0.25, -0.2) is 0 Å². The Morgan fingerprint density at radius 1 is 1.45 bits per heavy atom. The van der Waals surface area contributed by atoms with E-state index in [1.165, 1.54) is 11.8 Å². The van der Waals surface area contributed by atoms with Gasteiger partial charge in [0.2, 0.25) is 5.91 Å². The smallest absolute Gasteiger partial charge is 0.222 e. The van der Waals surface area contributed by atoms with Gasteiger partial charge in [-0.3, -0.25) is 9.59 Å². The SMILES string of the molecule is CC(=O)SCC1CC(=O)N(CCc2scc3c2OCCO3)C1. The number of rotatable bonds is 5. The number of likely N-dealkylation sites (tertiary alicyclic amines) is 1. The van der Waals surface area contributed by atoms with Crippen molar-refractivity contribution in [1.29, 1.82) is 0 Å². The van der Waals surface area contributed by atoms with Crippen LogP contribution in [0.3, 0.4) is 0 Å². The normalized spacial score (nSPS) is 20.5. The molecule has 3 heterocycles. The highest BCUT2D eigenvalue weighted by Gasteiger charge is 2.30. The molecule has 0 spiro atoms. The Hall–Kier alpha value is -1.21. The zero-order valence-electron chi connectivity index (χ0n) is 12.5. The molecule has 1 amide bonds. The molecule has 22 heavy (non-hydrogen) atoms. The third kappa shape index (κ3) is 3.57.